The van der Waals surface area contributed by atoms with Crippen molar-refractivity contribution in [2.24, 2.45) is 0 Å². The van der Waals surface area contributed by atoms with Gasteiger partial charge in [-0.15, -0.1) is 11.3 Å². The SMILES string of the molecule is CS(=O)(=O)c1ccc(-c2cc3nccc(Oc4ccc(NC(=S)NC(=O)Cc5ccccc5)cc4F)c3s2)cc1. The number of carbonyl (C=O) groups excluding carboxylic acids is 1. The second-order valence-corrected chi connectivity index (χ2v) is 12.3. The number of amides is 1. The van der Waals surface area contributed by atoms with Crippen LogP contribution in [0.5, 0.6) is 11.5 Å². The number of aromatic nitrogens is 1. The molecule has 7 nitrogen and oxygen atoms in total. The Morgan fingerprint density at radius 3 is 2.45 bits per heavy atom. The predicted octanol–water partition coefficient (Wildman–Crippen LogP) is 6.35. The highest BCUT2D eigenvalue weighted by atomic mass is 32.2. The summed E-state index contributed by atoms with van der Waals surface area (Å²) in [5.41, 5.74) is 2.70. The van der Waals surface area contributed by atoms with Gasteiger partial charge in [-0.3, -0.25) is 9.78 Å². The summed E-state index contributed by atoms with van der Waals surface area (Å²) in [4.78, 5) is 17.7. The number of thiophene rings is 1. The van der Waals surface area contributed by atoms with Crippen LogP contribution in [0.3, 0.4) is 0 Å². The van der Waals surface area contributed by atoms with E-state index in [9.17, 15) is 17.6 Å². The van der Waals surface area contributed by atoms with Crippen molar-refractivity contribution >= 4 is 60.3 Å². The lowest BCUT2D eigenvalue weighted by Gasteiger charge is -2.12. The van der Waals surface area contributed by atoms with Crippen molar-refractivity contribution in [2.45, 2.75) is 11.3 Å². The first-order valence-electron chi connectivity index (χ1n) is 12.0. The zero-order chi connectivity index (χ0) is 28.3. The van der Waals surface area contributed by atoms with Crippen molar-refractivity contribution < 1.29 is 22.3 Å². The zero-order valence-corrected chi connectivity index (χ0v) is 23.5. The molecular formula is C29H22FN3O4S3. The Hall–Kier alpha value is -4.19. The van der Waals surface area contributed by atoms with Crippen molar-refractivity contribution in [3.63, 3.8) is 0 Å². The minimum Gasteiger partial charge on any atom is -0.453 e. The summed E-state index contributed by atoms with van der Waals surface area (Å²) in [6, 6.07) is 23.7. The molecule has 2 N–H and O–H groups in total. The lowest BCUT2D eigenvalue weighted by Crippen LogP contribution is -2.35. The summed E-state index contributed by atoms with van der Waals surface area (Å²) in [6.07, 6.45) is 2.90. The van der Waals surface area contributed by atoms with E-state index in [1.54, 1.807) is 42.6 Å². The molecule has 40 heavy (non-hydrogen) atoms. The van der Waals surface area contributed by atoms with Crippen molar-refractivity contribution in [1.29, 1.82) is 0 Å². The molecule has 0 atom stereocenters. The molecule has 0 aliphatic heterocycles. The standard InChI is InChI=1S/C29H22FN3O4S3/c1-40(35,36)21-10-7-19(8-11-21)26-17-23-28(39-26)25(13-14-31-23)37-24-12-9-20(16-22(24)30)32-29(38)33-27(34)15-18-5-3-2-4-6-18/h2-14,16-17H,15H2,1H3,(H2,32,33,34,38). The predicted molar refractivity (Wildman–Crippen MR) is 159 cm³/mol. The Labute approximate surface area is 239 Å². The Balaban J connectivity index is 1.28. The molecule has 0 saturated carbocycles. The maximum Gasteiger partial charge on any atom is 0.230 e. The van der Waals surface area contributed by atoms with Gasteiger partial charge in [0.1, 0.15) is 5.75 Å². The number of fused-ring (bicyclic) bond motifs is 1. The number of sulfone groups is 1. The summed E-state index contributed by atoms with van der Waals surface area (Å²) >= 11 is 6.60. The van der Waals surface area contributed by atoms with Crippen LogP contribution in [0.15, 0.2) is 96.0 Å². The van der Waals surface area contributed by atoms with E-state index in [0.717, 1.165) is 22.3 Å². The van der Waals surface area contributed by atoms with E-state index in [-0.39, 0.29) is 28.1 Å². The average molecular weight is 592 g/mol. The molecule has 0 saturated heterocycles. The molecule has 3 aromatic carbocycles. The van der Waals surface area contributed by atoms with Crippen molar-refractivity contribution in [3.05, 3.63) is 103 Å². The van der Waals surface area contributed by atoms with E-state index in [1.165, 1.54) is 23.5 Å². The molecule has 0 fully saturated rings. The number of halogens is 1. The van der Waals surface area contributed by atoms with Gasteiger partial charge in [0, 0.05) is 35.1 Å². The van der Waals surface area contributed by atoms with Gasteiger partial charge in [-0.1, -0.05) is 42.5 Å². The summed E-state index contributed by atoms with van der Waals surface area (Å²) in [5, 5.41) is 5.46. The number of thiocarbonyl (C=S) groups is 1. The summed E-state index contributed by atoms with van der Waals surface area (Å²) in [7, 11) is -3.29. The Kier molecular flexibility index (Phi) is 7.88. The molecule has 0 unspecified atom stereocenters. The van der Waals surface area contributed by atoms with Crippen molar-refractivity contribution in [2.75, 3.05) is 11.6 Å². The van der Waals surface area contributed by atoms with E-state index >= 15 is 0 Å². The summed E-state index contributed by atoms with van der Waals surface area (Å²) < 4.78 is 45.1. The van der Waals surface area contributed by atoms with Crippen LogP contribution in [0.1, 0.15) is 5.56 Å². The normalized spacial score (nSPS) is 11.2. The molecule has 0 radical (unpaired) electrons. The van der Waals surface area contributed by atoms with Crippen molar-refractivity contribution in [3.8, 4) is 21.9 Å². The van der Waals surface area contributed by atoms with Gasteiger partial charge in [0.05, 0.1) is 21.5 Å². The number of anilines is 1. The number of carbonyl (C=O) groups is 1. The van der Waals surface area contributed by atoms with E-state index in [2.05, 4.69) is 15.6 Å². The lowest BCUT2D eigenvalue weighted by atomic mass is 10.1. The molecule has 2 aromatic heterocycles. The van der Waals surface area contributed by atoms with Crippen molar-refractivity contribution in [1.82, 2.24) is 10.3 Å². The quantitative estimate of drug-likeness (QED) is 0.213. The number of rotatable bonds is 7. The van der Waals surface area contributed by atoms with E-state index in [1.807, 2.05) is 36.4 Å². The molecule has 0 aliphatic carbocycles. The molecule has 0 bridgehead atoms. The Bertz CT molecular complexity index is 1820. The maximum atomic E-state index is 15.0. The Morgan fingerprint density at radius 2 is 1.75 bits per heavy atom. The number of pyridine rings is 1. The second kappa shape index (κ2) is 11.5. The highest BCUT2D eigenvalue weighted by molar-refractivity contribution is 7.90. The number of hydrogen-bond donors (Lipinski definition) is 2. The third-order valence-electron chi connectivity index (χ3n) is 5.81. The topological polar surface area (TPSA) is 97.4 Å². The number of nitrogens with zero attached hydrogens (tertiary/aromatic N) is 1. The number of nitrogens with one attached hydrogen (secondary N) is 2. The minimum atomic E-state index is -3.29. The van der Waals surface area contributed by atoms with E-state index in [4.69, 9.17) is 17.0 Å². The summed E-state index contributed by atoms with van der Waals surface area (Å²) in [6.45, 7) is 0. The first-order chi connectivity index (χ1) is 19.2. The van der Waals surface area contributed by atoms with Gasteiger partial charge in [0.2, 0.25) is 5.91 Å². The number of benzene rings is 3. The number of hydrogen-bond acceptors (Lipinski definition) is 7. The Morgan fingerprint density at radius 1 is 1.00 bits per heavy atom. The van der Waals surface area contributed by atoms with E-state index < -0.39 is 15.7 Å². The molecule has 5 rings (SSSR count). The second-order valence-electron chi connectivity index (χ2n) is 8.84. The van der Waals surface area contributed by atoms with E-state index in [0.29, 0.717) is 21.7 Å². The van der Waals surface area contributed by atoms with Crippen LogP contribution in [0.4, 0.5) is 10.1 Å². The third-order valence-corrected chi connectivity index (χ3v) is 8.33. The minimum absolute atomic E-state index is 0.00420. The number of ether oxygens (including phenoxy) is 1. The molecule has 0 aliphatic rings. The van der Waals surface area contributed by atoms with Gasteiger partial charge in [0.15, 0.2) is 26.5 Å². The van der Waals surface area contributed by atoms with Gasteiger partial charge < -0.3 is 15.4 Å². The largest absolute Gasteiger partial charge is 0.453 e. The van der Waals surface area contributed by atoms with Gasteiger partial charge >= 0.3 is 0 Å². The average Bonchev–Trinajstić information content (AvgIpc) is 3.36. The molecule has 202 valence electrons. The van der Waals surface area contributed by atoms with Crippen LogP contribution in [0, 0.1) is 5.82 Å². The van der Waals surface area contributed by atoms with Crippen LogP contribution >= 0.6 is 23.6 Å². The van der Waals surface area contributed by atoms with Crippen LogP contribution in [-0.2, 0) is 21.1 Å². The molecule has 0 spiro atoms. The molecule has 11 heteroatoms. The lowest BCUT2D eigenvalue weighted by molar-refractivity contribution is -0.119. The van der Waals surface area contributed by atoms with Gasteiger partial charge in [-0.25, -0.2) is 12.8 Å². The fourth-order valence-electron chi connectivity index (χ4n) is 3.90. The van der Waals surface area contributed by atoms with Gasteiger partial charge in [0.25, 0.3) is 0 Å². The fraction of sp³-hybridized carbons (Fsp3) is 0.0690. The molecule has 1 amide bonds. The summed E-state index contributed by atoms with van der Waals surface area (Å²) in [5.74, 6) is -0.476. The highest BCUT2D eigenvalue weighted by Gasteiger charge is 2.15. The van der Waals surface area contributed by atoms with Crippen LogP contribution in [0.2, 0.25) is 0 Å². The monoisotopic (exact) mass is 591 g/mol. The highest BCUT2D eigenvalue weighted by Crippen LogP contribution is 2.40. The molecule has 2 heterocycles. The van der Waals surface area contributed by atoms with Gasteiger partial charge in [-0.2, -0.15) is 0 Å². The zero-order valence-electron chi connectivity index (χ0n) is 21.1. The molecular weight excluding hydrogens is 570 g/mol. The first-order valence-corrected chi connectivity index (χ1v) is 15.1. The fourth-order valence-corrected chi connectivity index (χ4v) is 5.83. The van der Waals surface area contributed by atoms with Crippen LogP contribution in [-0.4, -0.2) is 30.7 Å². The first kappa shape index (κ1) is 27.4. The smallest absolute Gasteiger partial charge is 0.230 e. The van der Waals surface area contributed by atoms with Crippen LogP contribution in [0.25, 0.3) is 20.7 Å². The van der Waals surface area contributed by atoms with Gasteiger partial charge in [-0.05, 0) is 53.7 Å². The molecule has 5 aromatic rings. The third kappa shape index (κ3) is 6.50. The maximum absolute atomic E-state index is 15.0. The van der Waals surface area contributed by atoms with Crippen LogP contribution < -0.4 is 15.4 Å².